The fourth-order valence-corrected chi connectivity index (χ4v) is 5.21. The number of ether oxygens (including phenoxy) is 2. The molecule has 8 nitrogen and oxygen atoms in total. The molecule has 0 aromatic heterocycles. The summed E-state index contributed by atoms with van der Waals surface area (Å²) >= 11 is 0. The van der Waals surface area contributed by atoms with Crippen LogP contribution in [-0.4, -0.2) is 70.9 Å². The van der Waals surface area contributed by atoms with Gasteiger partial charge in [-0.05, 0) is 79.1 Å². The third-order valence-electron chi connectivity index (χ3n) is 6.63. The summed E-state index contributed by atoms with van der Waals surface area (Å²) in [6.45, 7) is 17.2. The van der Waals surface area contributed by atoms with Gasteiger partial charge in [0.2, 0.25) is 0 Å². The molecule has 0 spiro atoms. The van der Waals surface area contributed by atoms with Crippen LogP contribution in [0.1, 0.15) is 55.4 Å². The van der Waals surface area contributed by atoms with Crippen LogP contribution in [0.25, 0.3) is 0 Å². The standard InChI is InChI=1S/2C12H19NO3/c2*1-7(14)10-8-5-13(6-9(8)10)11(15)16-12(2,3)4/h2*8-10H,5-6H2,1-4H3/t2*8-,9+,10?. The van der Waals surface area contributed by atoms with E-state index >= 15 is 0 Å². The number of nitrogens with zero attached hydrogens (tertiary/aromatic N) is 2. The number of piperidine rings is 2. The van der Waals surface area contributed by atoms with E-state index in [1.165, 1.54) is 0 Å². The first-order valence-electron chi connectivity index (χ1n) is 11.6. The molecule has 32 heavy (non-hydrogen) atoms. The van der Waals surface area contributed by atoms with Crippen LogP contribution in [0.4, 0.5) is 9.59 Å². The van der Waals surface area contributed by atoms with Crippen molar-refractivity contribution in [3.05, 3.63) is 0 Å². The number of carbonyl (C=O) groups excluding carboxylic acids is 4. The predicted octanol–water partition coefficient (Wildman–Crippen LogP) is 3.38. The summed E-state index contributed by atoms with van der Waals surface area (Å²) in [6.07, 6.45) is -0.496. The van der Waals surface area contributed by atoms with E-state index in [2.05, 4.69) is 0 Å². The van der Waals surface area contributed by atoms with Crippen molar-refractivity contribution in [2.75, 3.05) is 26.2 Å². The molecule has 2 saturated heterocycles. The van der Waals surface area contributed by atoms with Gasteiger partial charge >= 0.3 is 12.2 Å². The zero-order valence-corrected chi connectivity index (χ0v) is 20.6. The molecular formula is C24H38N2O6. The van der Waals surface area contributed by atoms with E-state index in [1.807, 2.05) is 41.5 Å². The third kappa shape index (κ3) is 5.62. The second-order valence-corrected chi connectivity index (χ2v) is 11.7. The van der Waals surface area contributed by atoms with Crippen molar-refractivity contribution in [1.29, 1.82) is 0 Å². The van der Waals surface area contributed by atoms with Crippen LogP contribution in [0.15, 0.2) is 0 Å². The van der Waals surface area contributed by atoms with E-state index in [4.69, 9.17) is 9.47 Å². The normalized spacial score (nSPS) is 32.2. The molecule has 2 saturated carbocycles. The van der Waals surface area contributed by atoms with Gasteiger partial charge < -0.3 is 19.3 Å². The topological polar surface area (TPSA) is 93.2 Å². The Morgan fingerprint density at radius 1 is 0.594 bits per heavy atom. The van der Waals surface area contributed by atoms with Gasteiger partial charge in [-0.2, -0.15) is 0 Å². The van der Waals surface area contributed by atoms with Crippen molar-refractivity contribution in [3.8, 4) is 0 Å². The average Bonchev–Trinajstić information content (AvgIpc) is 3.34. The number of rotatable bonds is 2. The molecule has 4 rings (SSSR count). The molecule has 8 heteroatoms. The summed E-state index contributed by atoms with van der Waals surface area (Å²) in [6, 6.07) is 0. The number of likely N-dealkylation sites (tertiary alicyclic amines) is 2. The first-order chi connectivity index (χ1) is 14.6. The maximum Gasteiger partial charge on any atom is 0.410 e. The van der Waals surface area contributed by atoms with E-state index in [-0.39, 0.29) is 35.6 Å². The lowest BCUT2D eigenvalue weighted by Crippen LogP contribution is -2.37. The highest BCUT2D eigenvalue weighted by Crippen LogP contribution is 2.53. The smallest absolute Gasteiger partial charge is 0.410 e. The SMILES string of the molecule is CC(=O)C1[C@H]2CN(C(=O)OC(C)(C)C)C[C@@H]12.CC(=O)C1[C@H]2CN(C(=O)OC(C)(C)C)C[C@@H]12. The fraction of sp³-hybridized carbons (Fsp3) is 0.833. The second-order valence-electron chi connectivity index (χ2n) is 11.7. The molecule has 2 amide bonds. The lowest BCUT2D eigenvalue weighted by molar-refractivity contribution is -0.119. The lowest BCUT2D eigenvalue weighted by Gasteiger charge is -2.25. The van der Waals surface area contributed by atoms with Crippen LogP contribution in [0, 0.1) is 35.5 Å². The number of carbonyl (C=O) groups is 4. The van der Waals surface area contributed by atoms with Crippen molar-refractivity contribution in [1.82, 2.24) is 9.80 Å². The van der Waals surface area contributed by atoms with Crippen LogP contribution >= 0.6 is 0 Å². The van der Waals surface area contributed by atoms with Crippen molar-refractivity contribution in [3.63, 3.8) is 0 Å². The van der Waals surface area contributed by atoms with E-state index in [0.717, 1.165) is 0 Å². The minimum atomic E-state index is -0.441. The molecular weight excluding hydrogens is 412 g/mol. The quantitative estimate of drug-likeness (QED) is 0.640. The Kier molecular flexibility index (Phi) is 6.39. The summed E-state index contributed by atoms with van der Waals surface area (Å²) < 4.78 is 10.6. The highest BCUT2D eigenvalue weighted by Gasteiger charge is 2.60. The van der Waals surface area contributed by atoms with E-state index in [1.54, 1.807) is 23.6 Å². The van der Waals surface area contributed by atoms with Crippen LogP contribution in [0.2, 0.25) is 0 Å². The summed E-state index contributed by atoms with van der Waals surface area (Å²) in [4.78, 5) is 49.3. The number of Topliss-reactive ketones (excluding diaryl/α,β-unsaturated/α-hetero) is 2. The minimum Gasteiger partial charge on any atom is -0.444 e. The first-order valence-corrected chi connectivity index (χ1v) is 11.6. The molecule has 0 radical (unpaired) electrons. The number of hydrogen-bond acceptors (Lipinski definition) is 6. The Labute approximate surface area is 191 Å². The predicted molar refractivity (Wildman–Crippen MR) is 118 cm³/mol. The fourth-order valence-electron chi connectivity index (χ4n) is 5.21. The van der Waals surface area contributed by atoms with Gasteiger partial charge in [0.1, 0.15) is 22.8 Å². The Hall–Kier alpha value is -2.12. The summed E-state index contributed by atoms with van der Waals surface area (Å²) in [5, 5.41) is 0. The molecule has 2 aliphatic carbocycles. The van der Waals surface area contributed by atoms with E-state index in [9.17, 15) is 19.2 Å². The highest BCUT2D eigenvalue weighted by atomic mass is 16.6. The lowest BCUT2D eigenvalue weighted by atomic mass is 10.2. The van der Waals surface area contributed by atoms with Gasteiger partial charge in [-0.25, -0.2) is 9.59 Å². The van der Waals surface area contributed by atoms with Gasteiger partial charge in [-0.15, -0.1) is 0 Å². The average molecular weight is 451 g/mol. The van der Waals surface area contributed by atoms with Crippen LogP contribution in [0.3, 0.4) is 0 Å². The molecule has 6 atom stereocenters. The molecule has 2 aliphatic heterocycles. The number of hydrogen-bond donors (Lipinski definition) is 0. The van der Waals surface area contributed by atoms with Crippen molar-refractivity contribution in [2.45, 2.75) is 66.6 Å². The first kappa shape index (κ1) is 24.5. The molecule has 180 valence electrons. The Morgan fingerprint density at radius 3 is 1.03 bits per heavy atom. The van der Waals surface area contributed by atoms with E-state index in [0.29, 0.717) is 49.9 Å². The molecule has 0 N–H and O–H groups in total. The van der Waals surface area contributed by atoms with Gasteiger partial charge in [0.05, 0.1) is 0 Å². The van der Waals surface area contributed by atoms with Gasteiger partial charge in [-0.3, -0.25) is 9.59 Å². The minimum absolute atomic E-state index is 0.207. The molecule has 2 heterocycles. The van der Waals surface area contributed by atoms with Crippen LogP contribution in [0.5, 0.6) is 0 Å². The number of fused-ring (bicyclic) bond motifs is 2. The van der Waals surface area contributed by atoms with Crippen molar-refractivity contribution >= 4 is 23.8 Å². The Morgan fingerprint density at radius 2 is 0.844 bits per heavy atom. The second kappa shape index (κ2) is 8.34. The summed E-state index contributed by atoms with van der Waals surface area (Å²) in [5.74, 6) is 2.51. The maximum absolute atomic E-state index is 11.7. The zero-order valence-electron chi connectivity index (χ0n) is 20.6. The van der Waals surface area contributed by atoms with Crippen LogP contribution < -0.4 is 0 Å². The number of ketones is 2. The Bertz CT molecular complexity index is 705. The number of amides is 2. The molecule has 0 aromatic rings. The molecule has 2 unspecified atom stereocenters. The molecule has 4 fully saturated rings. The van der Waals surface area contributed by atoms with Gasteiger partial charge in [0.25, 0.3) is 0 Å². The monoisotopic (exact) mass is 450 g/mol. The zero-order chi connectivity index (χ0) is 24.2. The van der Waals surface area contributed by atoms with Crippen LogP contribution in [-0.2, 0) is 19.1 Å². The van der Waals surface area contributed by atoms with Gasteiger partial charge in [0.15, 0.2) is 0 Å². The van der Waals surface area contributed by atoms with Crippen molar-refractivity contribution in [2.24, 2.45) is 35.5 Å². The molecule has 4 aliphatic rings. The summed E-state index contributed by atoms with van der Waals surface area (Å²) in [5.41, 5.74) is -0.881. The third-order valence-corrected chi connectivity index (χ3v) is 6.63. The van der Waals surface area contributed by atoms with Gasteiger partial charge in [0, 0.05) is 38.0 Å². The highest BCUT2D eigenvalue weighted by molar-refractivity contribution is 5.83. The summed E-state index contributed by atoms with van der Waals surface area (Å²) in [7, 11) is 0. The largest absolute Gasteiger partial charge is 0.444 e. The van der Waals surface area contributed by atoms with E-state index < -0.39 is 11.2 Å². The maximum atomic E-state index is 11.7. The molecule has 0 bridgehead atoms. The van der Waals surface area contributed by atoms with Gasteiger partial charge in [-0.1, -0.05) is 0 Å². The van der Waals surface area contributed by atoms with Crippen molar-refractivity contribution < 1.29 is 28.7 Å². The Balaban J connectivity index is 0.000000181. The molecule has 0 aromatic carbocycles.